The molecule has 0 bridgehead atoms. The van der Waals surface area contributed by atoms with Gasteiger partial charge < -0.3 is 30.9 Å². The molecule has 0 aromatic heterocycles. The van der Waals surface area contributed by atoms with Crippen LogP contribution in [0.25, 0.3) is 0 Å². The molecule has 1 atom stereocenters. The second kappa shape index (κ2) is 24.8. The Labute approximate surface area is 260 Å². The molecule has 3 amide bonds. The van der Waals surface area contributed by atoms with Gasteiger partial charge in [-0.3, -0.25) is 4.79 Å². The van der Waals surface area contributed by atoms with Gasteiger partial charge >= 0.3 is 12.0 Å². The van der Waals surface area contributed by atoms with E-state index in [1.54, 1.807) is 0 Å². The summed E-state index contributed by atoms with van der Waals surface area (Å²) in [6.07, 6.45) is 29.8. The summed E-state index contributed by atoms with van der Waals surface area (Å²) in [6, 6.07) is 3.16. The Kier molecular flexibility index (Phi) is 21.5. The number of carboxylic acids is 1. The number of carbonyl (C=O) groups is 3. The van der Waals surface area contributed by atoms with E-state index in [-0.39, 0.29) is 30.2 Å². The predicted molar refractivity (Wildman–Crippen MR) is 177 cm³/mol. The molecule has 0 aliphatic heterocycles. The molecule has 1 rings (SSSR count). The lowest BCUT2D eigenvalue weighted by Crippen LogP contribution is -2.40. The number of amides is 3. The first-order chi connectivity index (χ1) is 20.9. The number of hydrogen-bond acceptors (Lipinski definition) is 6. The number of carboxylic acid groups (broad SMARTS) is 1. The van der Waals surface area contributed by atoms with Crippen LogP contribution in [0.1, 0.15) is 68.6 Å². The summed E-state index contributed by atoms with van der Waals surface area (Å²) in [6.45, 7) is 2.50. The van der Waals surface area contributed by atoms with E-state index < -0.39 is 23.2 Å². The van der Waals surface area contributed by atoms with E-state index in [4.69, 9.17) is 9.84 Å². The molecule has 0 aliphatic carbocycles. The summed E-state index contributed by atoms with van der Waals surface area (Å²) in [7, 11) is 1.49. The lowest BCUT2D eigenvalue weighted by atomic mass is 10.2. The third kappa shape index (κ3) is 19.1. The minimum atomic E-state index is -1.31. The Morgan fingerprint density at radius 3 is 2.02 bits per heavy atom. The molecular weight excluding hydrogens is 566 g/mol. The van der Waals surface area contributed by atoms with Gasteiger partial charge in [0, 0.05) is 25.9 Å². The van der Waals surface area contributed by atoms with Crippen molar-refractivity contribution in [2.24, 2.45) is 0 Å². The van der Waals surface area contributed by atoms with Crippen LogP contribution in [0.5, 0.6) is 5.75 Å². The summed E-state index contributed by atoms with van der Waals surface area (Å²) in [5.74, 6) is -1.17. The number of rotatable bonds is 22. The molecule has 9 nitrogen and oxygen atoms in total. The maximum atomic E-state index is 12.4. The van der Waals surface area contributed by atoms with E-state index in [1.807, 2.05) is 0 Å². The van der Waals surface area contributed by atoms with Crippen molar-refractivity contribution in [2.75, 3.05) is 31.3 Å². The molecule has 0 saturated carbocycles. The van der Waals surface area contributed by atoms with E-state index in [1.165, 1.54) is 31.0 Å². The second-order valence-electron chi connectivity index (χ2n) is 9.35. The molecule has 236 valence electrons. The van der Waals surface area contributed by atoms with Crippen molar-refractivity contribution in [3.8, 4) is 5.75 Å². The molecule has 0 saturated heterocycles. The monoisotopic (exact) mass is 613 g/mol. The Hall–Kier alpha value is -3.76. The molecule has 0 heterocycles. The van der Waals surface area contributed by atoms with Crippen molar-refractivity contribution in [1.82, 2.24) is 10.6 Å². The fourth-order valence-electron chi connectivity index (χ4n) is 3.58. The molecule has 0 spiro atoms. The molecule has 0 aliphatic rings. The first kappa shape index (κ1) is 37.3. The van der Waals surface area contributed by atoms with Crippen molar-refractivity contribution in [3.63, 3.8) is 0 Å². The van der Waals surface area contributed by atoms with Crippen LogP contribution < -0.4 is 16.0 Å². The maximum absolute atomic E-state index is 12.4. The number of allylic oxidation sites excluding steroid dienone is 10. The summed E-state index contributed by atoms with van der Waals surface area (Å²) < 4.78 is 5.30. The number of nitrogens with one attached hydrogen (secondary N) is 3. The van der Waals surface area contributed by atoms with E-state index in [0.29, 0.717) is 0 Å². The van der Waals surface area contributed by atoms with Crippen LogP contribution in [0.3, 0.4) is 0 Å². The van der Waals surface area contributed by atoms with E-state index in [9.17, 15) is 19.5 Å². The normalized spacial score (nSPS) is 12.6. The fraction of sp³-hybridized carbons (Fsp3) is 0.424. The Bertz CT molecular complexity index is 1110. The number of methoxy groups -OCH3 is 1. The van der Waals surface area contributed by atoms with Crippen molar-refractivity contribution < 1.29 is 29.3 Å². The SMILES string of the molecule is CCC=CCC=CCC=CCC=CCC=CCCCCSC(OC)C(=O)NCCNC(=O)Nc1ccc(O)c(C(=O)O)c1. The molecule has 1 unspecified atom stereocenters. The number of carbonyl (C=O) groups excluding carboxylic acids is 2. The molecule has 1 aromatic rings. The number of hydrogen-bond donors (Lipinski definition) is 5. The smallest absolute Gasteiger partial charge is 0.339 e. The third-order valence-electron chi connectivity index (χ3n) is 5.81. The van der Waals surface area contributed by atoms with Gasteiger partial charge in [-0.05, 0) is 75.3 Å². The number of aromatic hydroxyl groups is 1. The van der Waals surface area contributed by atoms with Crippen LogP contribution in [0.4, 0.5) is 10.5 Å². The van der Waals surface area contributed by atoms with Crippen LogP contribution in [0.2, 0.25) is 0 Å². The number of aromatic carboxylic acids is 1. The lowest BCUT2D eigenvalue weighted by molar-refractivity contribution is -0.126. The van der Waals surface area contributed by atoms with Crippen LogP contribution in [0, 0.1) is 0 Å². The minimum absolute atomic E-state index is 0.162. The summed E-state index contributed by atoms with van der Waals surface area (Å²) >= 11 is 1.44. The Balaban J connectivity index is 2.10. The first-order valence-corrected chi connectivity index (χ1v) is 15.7. The topological polar surface area (TPSA) is 137 Å². The standard InChI is InChI=1S/C33H47N3O6S/c1-3-4-5-6-7-8-9-10-11-12-13-14-15-16-17-18-19-20-25-43-32(42-2)30(38)34-23-24-35-33(41)36-27-21-22-29(37)28(26-27)31(39)40/h4-5,7-8,10-11,13-14,16-17,21-22,26,32,37H,3,6,9,12,15,18-20,23-25H2,1-2H3,(H,34,38)(H,39,40)(H2,35,36,41). The van der Waals surface area contributed by atoms with Gasteiger partial charge in [0.15, 0.2) is 5.44 Å². The first-order valence-electron chi connectivity index (χ1n) is 14.7. The van der Waals surface area contributed by atoms with Crippen molar-refractivity contribution in [3.05, 3.63) is 84.5 Å². The van der Waals surface area contributed by atoms with Crippen molar-refractivity contribution >= 4 is 35.4 Å². The summed E-state index contributed by atoms with van der Waals surface area (Å²) in [5.41, 5.74) is -0.731. The van der Waals surface area contributed by atoms with Crippen molar-refractivity contribution in [2.45, 2.75) is 63.7 Å². The van der Waals surface area contributed by atoms with Gasteiger partial charge in [0.05, 0.1) is 0 Å². The van der Waals surface area contributed by atoms with Crippen LogP contribution >= 0.6 is 11.8 Å². The maximum Gasteiger partial charge on any atom is 0.339 e. The summed E-state index contributed by atoms with van der Waals surface area (Å²) in [5, 5.41) is 26.4. The van der Waals surface area contributed by atoms with Gasteiger partial charge in [-0.15, -0.1) is 11.8 Å². The number of ether oxygens (including phenoxy) is 1. The Morgan fingerprint density at radius 1 is 0.860 bits per heavy atom. The molecule has 43 heavy (non-hydrogen) atoms. The highest BCUT2D eigenvalue weighted by Crippen LogP contribution is 2.21. The average Bonchev–Trinajstić information content (AvgIpc) is 2.99. The van der Waals surface area contributed by atoms with Gasteiger partial charge in [0.2, 0.25) is 0 Å². The number of anilines is 1. The molecule has 5 N–H and O–H groups in total. The number of urea groups is 1. The van der Waals surface area contributed by atoms with E-state index in [2.05, 4.69) is 83.6 Å². The van der Waals surface area contributed by atoms with Gasteiger partial charge in [-0.2, -0.15) is 0 Å². The fourth-order valence-corrected chi connectivity index (χ4v) is 4.54. The highest BCUT2D eigenvalue weighted by Gasteiger charge is 2.17. The highest BCUT2D eigenvalue weighted by atomic mass is 32.2. The van der Waals surface area contributed by atoms with Gasteiger partial charge in [-0.25, -0.2) is 9.59 Å². The molecule has 1 aromatic carbocycles. The largest absolute Gasteiger partial charge is 0.507 e. The van der Waals surface area contributed by atoms with E-state index in [0.717, 1.165) is 63.2 Å². The van der Waals surface area contributed by atoms with Crippen LogP contribution in [0.15, 0.2) is 79.0 Å². The van der Waals surface area contributed by atoms with Crippen molar-refractivity contribution in [1.29, 1.82) is 0 Å². The number of benzene rings is 1. The average molecular weight is 614 g/mol. The number of thioether (sulfide) groups is 1. The molecule has 0 radical (unpaired) electrons. The van der Waals surface area contributed by atoms with Crippen LogP contribution in [-0.4, -0.2) is 59.5 Å². The highest BCUT2D eigenvalue weighted by molar-refractivity contribution is 8.00. The Morgan fingerprint density at radius 2 is 1.44 bits per heavy atom. The van der Waals surface area contributed by atoms with Gasteiger partial charge in [0.25, 0.3) is 5.91 Å². The zero-order valence-corrected chi connectivity index (χ0v) is 26.1. The molecular formula is C33H47N3O6S. The van der Waals surface area contributed by atoms with Gasteiger partial charge in [0.1, 0.15) is 11.3 Å². The quantitative estimate of drug-likeness (QED) is 0.0413. The number of unbranched alkanes of at least 4 members (excludes halogenated alkanes) is 2. The predicted octanol–water partition coefficient (Wildman–Crippen LogP) is 6.96. The second-order valence-corrected chi connectivity index (χ2v) is 10.5. The molecule has 0 fully saturated rings. The van der Waals surface area contributed by atoms with Crippen LogP contribution in [-0.2, 0) is 9.53 Å². The lowest BCUT2D eigenvalue weighted by Gasteiger charge is -2.15. The summed E-state index contributed by atoms with van der Waals surface area (Å²) in [4.78, 5) is 35.5. The zero-order chi connectivity index (χ0) is 31.5. The molecule has 10 heteroatoms. The van der Waals surface area contributed by atoms with E-state index >= 15 is 0 Å². The number of phenols is 1. The third-order valence-corrected chi connectivity index (χ3v) is 7.05. The minimum Gasteiger partial charge on any atom is -0.507 e. The van der Waals surface area contributed by atoms with Gasteiger partial charge in [-0.1, -0.05) is 67.7 Å². The zero-order valence-electron chi connectivity index (χ0n) is 25.3.